The normalized spacial score (nSPS) is 14.0. The van der Waals surface area contributed by atoms with Crippen molar-refractivity contribution in [1.29, 1.82) is 0 Å². The Morgan fingerprint density at radius 2 is 1.76 bits per heavy atom. The quantitative estimate of drug-likeness (QED) is 0.809. The van der Waals surface area contributed by atoms with Crippen LogP contribution in [0.25, 0.3) is 0 Å². The van der Waals surface area contributed by atoms with Crippen molar-refractivity contribution in [2.75, 3.05) is 20.6 Å². The van der Waals surface area contributed by atoms with Crippen LogP contribution in [0, 0.1) is 11.7 Å². The third-order valence-corrected chi connectivity index (χ3v) is 3.22. The topological polar surface area (TPSA) is 15.3 Å². The highest BCUT2D eigenvalue weighted by Gasteiger charge is 2.31. The van der Waals surface area contributed by atoms with Crippen LogP contribution in [-0.4, -0.2) is 31.6 Å². The Morgan fingerprint density at radius 3 is 2.24 bits per heavy atom. The molecule has 1 rings (SSSR count). The van der Waals surface area contributed by atoms with E-state index < -0.39 is 17.6 Å². The van der Waals surface area contributed by atoms with Gasteiger partial charge in [0.2, 0.25) is 0 Å². The molecule has 0 spiro atoms. The third kappa shape index (κ3) is 6.01. The molecule has 1 aromatic rings. The molecular weight excluding hydrogens is 284 g/mol. The van der Waals surface area contributed by atoms with E-state index in [1.165, 1.54) is 0 Å². The molecule has 120 valence electrons. The molecule has 1 atom stereocenters. The van der Waals surface area contributed by atoms with E-state index in [2.05, 4.69) is 5.32 Å². The lowest BCUT2D eigenvalue weighted by molar-refractivity contribution is -0.137. The van der Waals surface area contributed by atoms with Gasteiger partial charge >= 0.3 is 6.18 Å². The van der Waals surface area contributed by atoms with Gasteiger partial charge in [-0.2, -0.15) is 13.2 Å². The monoisotopic (exact) mass is 306 g/mol. The summed E-state index contributed by atoms with van der Waals surface area (Å²) >= 11 is 0. The number of halogens is 4. The second kappa shape index (κ2) is 7.22. The molecule has 0 heterocycles. The zero-order valence-corrected chi connectivity index (χ0v) is 12.8. The fraction of sp³-hybridized carbons (Fsp3) is 0.600. The van der Waals surface area contributed by atoms with Crippen molar-refractivity contribution in [3.8, 4) is 0 Å². The van der Waals surface area contributed by atoms with Crippen molar-refractivity contribution in [2.45, 2.75) is 32.6 Å². The minimum atomic E-state index is -4.53. The molecule has 1 unspecified atom stereocenters. The van der Waals surface area contributed by atoms with E-state index in [1.54, 1.807) is 0 Å². The van der Waals surface area contributed by atoms with Gasteiger partial charge in [0.1, 0.15) is 5.82 Å². The maximum absolute atomic E-state index is 13.3. The number of benzene rings is 1. The van der Waals surface area contributed by atoms with Gasteiger partial charge in [0.15, 0.2) is 0 Å². The smallest absolute Gasteiger partial charge is 0.308 e. The average molecular weight is 306 g/mol. The van der Waals surface area contributed by atoms with E-state index in [0.717, 1.165) is 18.7 Å². The second-order valence-electron chi connectivity index (χ2n) is 5.84. The van der Waals surface area contributed by atoms with Gasteiger partial charge in [-0.1, -0.05) is 13.8 Å². The highest BCUT2D eigenvalue weighted by molar-refractivity contribution is 5.26. The van der Waals surface area contributed by atoms with Crippen LogP contribution in [0.5, 0.6) is 0 Å². The van der Waals surface area contributed by atoms with Crippen LogP contribution >= 0.6 is 0 Å². The summed E-state index contributed by atoms with van der Waals surface area (Å²) in [4.78, 5) is 2.00. The standard InChI is InChI=1S/C15H22F4N2/c1-10(2)14(9-21(3)4)20-8-11-5-12(15(17,18)19)7-13(16)6-11/h5-7,10,14,20H,8-9H2,1-4H3. The van der Waals surface area contributed by atoms with Crippen molar-refractivity contribution >= 4 is 0 Å². The Bertz CT molecular complexity index is 455. The maximum Gasteiger partial charge on any atom is 0.416 e. The van der Waals surface area contributed by atoms with Crippen LogP contribution in [-0.2, 0) is 12.7 Å². The summed E-state index contributed by atoms with van der Waals surface area (Å²) in [6, 6.07) is 2.76. The molecule has 0 aliphatic carbocycles. The van der Waals surface area contributed by atoms with Gasteiger partial charge in [0.25, 0.3) is 0 Å². The predicted molar refractivity (Wildman–Crippen MR) is 75.4 cm³/mol. The highest BCUT2D eigenvalue weighted by Crippen LogP contribution is 2.30. The fourth-order valence-corrected chi connectivity index (χ4v) is 2.07. The van der Waals surface area contributed by atoms with Crippen LogP contribution < -0.4 is 5.32 Å². The zero-order chi connectivity index (χ0) is 16.2. The van der Waals surface area contributed by atoms with Gasteiger partial charge in [-0.05, 0) is 43.8 Å². The summed E-state index contributed by atoms with van der Waals surface area (Å²) in [6.07, 6.45) is -4.53. The van der Waals surface area contributed by atoms with Gasteiger partial charge < -0.3 is 10.2 Å². The molecule has 0 amide bonds. The molecule has 0 radical (unpaired) electrons. The van der Waals surface area contributed by atoms with Gasteiger partial charge in [-0.25, -0.2) is 4.39 Å². The van der Waals surface area contributed by atoms with E-state index in [0.29, 0.717) is 17.5 Å². The Kier molecular flexibility index (Phi) is 6.16. The number of likely N-dealkylation sites (N-methyl/N-ethyl adjacent to an activating group) is 1. The minimum Gasteiger partial charge on any atom is -0.308 e. The van der Waals surface area contributed by atoms with Crippen LogP contribution in [0.1, 0.15) is 25.0 Å². The van der Waals surface area contributed by atoms with E-state index in [9.17, 15) is 17.6 Å². The van der Waals surface area contributed by atoms with Crippen molar-refractivity contribution in [3.05, 3.63) is 35.1 Å². The van der Waals surface area contributed by atoms with Crippen LogP contribution in [0.15, 0.2) is 18.2 Å². The Labute approximate surface area is 123 Å². The lowest BCUT2D eigenvalue weighted by Crippen LogP contribution is -2.41. The number of nitrogens with zero attached hydrogens (tertiary/aromatic N) is 1. The Balaban J connectivity index is 2.80. The molecule has 0 bridgehead atoms. The molecule has 0 fully saturated rings. The molecule has 0 aliphatic heterocycles. The highest BCUT2D eigenvalue weighted by atomic mass is 19.4. The molecule has 0 saturated carbocycles. The first kappa shape index (κ1) is 17.9. The lowest BCUT2D eigenvalue weighted by atomic mass is 10.0. The molecule has 6 heteroatoms. The van der Waals surface area contributed by atoms with Gasteiger partial charge in [-0.15, -0.1) is 0 Å². The van der Waals surface area contributed by atoms with Crippen molar-refractivity contribution in [3.63, 3.8) is 0 Å². The van der Waals surface area contributed by atoms with Crippen LogP contribution in [0.3, 0.4) is 0 Å². The first-order valence-electron chi connectivity index (χ1n) is 6.84. The molecule has 0 aromatic heterocycles. The molecule has 1 N–H and O–H groups in total. The van der Waals surface area contributed by atoms with Gasteiger partial charge in [0.05, 0.1) is 5.56 Å². The minimum absolute atomic E-state index is 0.123. The first-order valence-corrected chi connectivity index (χ1v) is 6.84. The second-order valence-corrected chi connectivity index (χ2v) is 5.84. The summed E-state index contributed by atoms with van der Waals surface area (Å²) < 4.78 is 51.3. The summed E-state index contributed by atoms with van der Waals surface area (Å²) in [7, 11) is 3.86. The summed E-state index contributed by atoms with van der Waals surface area (Å²) in [5.74, 6) is -0.543. The summed E-state index contributed by atoms with van der Waals surface area (Å²) in [6.45, 7) is 5.04. The first-order chi connectivity index (χ1) is 9.59. The fourth-order valence-electron chi connectivity index (χ4n) is 2.07. The van der Waals surface area contributed by atoms with Crippen LogP contribution in [0.2, 0.25) is 0 Å². The lowest BCUT2D eigenvalue weighted by Gasteiger charge is -2.26. The largest absolute Gasteiger partial charge is 0.416 e. The molecule has 1 aromatic carbocycles. The molecular formula is C15H22F4N2. The predicted octanol–water partition coefficient (Wildman–Crippen LogP) is 3.52. The zero-order valence-electron chi connectivity index (χ0n) is 12.8. The molecule has 21 heavy (non-hydrogen) atoms. The SMILES string of the molecule is CC(C)C(CN(C)C)NCc1cc(F)cc(C(F)(F)F)c1. The maximum atomic E-state index is 13.3. The van der Waals surface area contributed by atoms with E-state index in [-0.39, 0.29) is 12.6 Å². The van der Waals surface area contributed by atoms with E-state index in [1.807, 2.05) is 32.8 Å². The molecule has 0 saturated heterocycles. The van der Waals surface area contributed by atoms with Crippen LogP contribution in [0.4, 0.5) is 17.6 Å². The number of rotatable bonds is 6. The van der Waals surface area contributed by atoms with Gasteiger partial charge in [-0.3, -0.25) is 0 Å². The molecule has 0 aliphatic rings. The third-order valence-electron chi connectivity index (χ3n) is 3.22. The Morgan fingerprint density at radius 1 is 1.14 bits per heavy atom. The average Bonchev–Trinajstić information content (AvgIpc) is 2.32. The van der Waals surface area contributed by atoms with Crippen molar-refractivity contribution in [2.24, 2.45) is 5.92 Å². The summed E-state index contributed by atoms with van der Waals surface area (Å²) in [5, 5.41) is 3.20. The van der Waals surface area contributed by atoms with E-state index in [4.69, 9.17) is 0 Å². The van der Waals surface area contributed by atoms with Crippen molar-refractivity contribution in [1.82, 2.24) is 10.2 Å². The Hall–Kier alpha value is -1.14. The number of hydrogen-bond acceptors (Lipinski definition) is 2. The number of alkyl halides is 3. The van der Waals surface area contributed by atoms with E-state index >= 15 is 0 Å². The summed E-state index contributed by atoms with van der Waals surface area (Å²) in [5.41, 5.74) is -0.653. The van der Waals surface area contributed by atoms with Crippen molar-refractivity contribution < 1.29 is 17.6 Å². The number of nitrogens with one attached hydrogen (secondary N) is 1. The number of hydrogen-bond donors (Lipinski definition) is 1. The molecule has 2 nitrogen and oxygen atoms in total. The van der Waals surface area contributed by atoms with Gasteiger partial charge in [0, 0.05) is 19.1 Å².